The highest BCUT2D eigenvalue weighted by Crippen LogP contribution is 2.18. The van der Waals surface area contributed by atoms with Crippen molar-refractivity contribution in [3.63, 3.8) is 0 Å². The van der Waals surface area contributed by atoms with Gasteiger partial charge in [0.1, 0.15) is 0 Å². The van der Waals surface area contributed by atoms with Crippen LogP contribution in [0.4, 0.5) is 0 Å². The topological polar surface area (TPSA) is 20.2 Å². The monoisotopic (exact) mass is 152 g/mol. The summed E-state index contributed by atoms with van der Waals surface area (Å²) in [5.41, 5.74) is 1.18. The molecule has 1 N–H and O–H groups in total. The van der Waals surface area contributed by atoms with Crippen LogP contribution in [-0.2, 0) is 0 Å². The summed E-state index contributed by atoms with van der Waals surface area (Å²) >= 11 is 0. The van der Waals surface area contributed by atoms with Gasteiger partial charge in [0.2, 0.25) is 0 Å². The molecule has 1 heteroatoms. The van der Waals surface area contributed by atoms with Crippen molar-refractivity contribution in [1.29, 1.82) is 0 Å². The molecule has 1 aliphatic rings. The maximum Gasteiger partial charge on any atom is 0.0756 e. The van der Waals surface area contributed by atoms with Gasteiger partial charge in [0.25, 0.3) is 0 Å². The molecule has 0 radical (unpaired) electrons. The third kappa shape index (κ3) is 2.51. The van der Waals surface area contributed by atoms with Crippen LogP contribution in [-0.4, -0.2) is 11.2 Å². The second-order valence-electron chi connectivity index (χ2n) is 3.03. The van der Waals surface area contributed by atoms with Crippen LogP contribution >= 0.6 is 0 Å². The Morgan fingerprint density at radius 1 is 1.64 bits per heavy atom. The minimum Gasteiger partial charge on any atom is -0.389 e. The first-order valence-electron chi connectivity index (χ1n) is 4.38. The standard InChI is InChI=1S/C10H16O/c1-2-3-8-10(11)9-6-4-5-7-9/h4-6,10-11H,2-3,7-8H2,1H3. The molecule has 1 unspecified atom stereocenters. The molecule has 0 amide bonds. The highest BCUT2D eigenvalue weighted by Gasteiger charge is 2.09. The lowest BCUT2D eigenvalue weighted by Gasteiger charge is -2.10. The average Bonchev–Trinajstić information content (AvgIpc) is 2.52. The summed E-state index contributed by atoms with van der Waals surface area (Å²) < 4.78 is 0. The summed E-state index contributed by atoms with van der Waals surface area (Å²) in [7, 11) is 0. The normalized spacial score (nSPS) is 18.5. The van der Waals surface area contributed by atoms with Gasteiger partial charge in [-0.1, -0.05) is 38.0 Å². The zero-order chi connectivity index (χ0) is 8.10. The fourth-order valence-corrected chi connectivity index (χ4v) is 1.29. The summed E-state index contributed by atoms with van der Waals surface area (Å²) in [5, 5.41) is 9.57. The summed E-state index contributed by atoms with van der Waals surface area (Å²) in [5.74, 6) is 0. The lowest BCUT2D eigenvalue weighted by Crippen LogP contribution is -2.08. The van der Waals surface area contributed by atoms with Crippen LogP contribution < -0.4 is 0 Å². The molecule has 0 heterocycles. The zero-order valence-corrected chi connectivity index (χ0v) is 7.09. The highest BCUT2D eigenvalue weighted by molar-refractivity contribution is 5.25. The largest absolute Gasteiger partial charge is 0.389 e. The minimum absolute atomic E-state index is 0.190. The van der Waals surface area contributed by atoms with Crippen LogP contribution in [0.2, 0.25) is 0 Å². The highest BCUT2D eigenvalue weighted by atomic mass is 16.3. The molecule has 62 valence electrons. The van der Waals surface area contributed by atoms with Crippen LogP contribution in [0.25, 0.3) is 0 Å². The van der Waals surface area contributed by atoms with E-state index in [9.17, 15) is 5.11 Å². The molecule has 0 fully saturated rings. The smallest absolute Gasteiger partial charge is 0.0756 e. The molecule has 1 rings (SSSR count). The van der Waals surface area contributed by atoms with E-state index in [0.717, 1.165) is 25.7 Å². The Kier molecular flexibility index (Phi) is 3.37. The number of aliphatic hydroxyl groups excluding tert-OH is 1. The predicted octanol–water partition coefficient (Wildman–Crippen LogP) is 2.42. The second kappa shape index (κ2) is 4.35. The summed E-state index contributed by atoms with van der Waals surface area (Å²) in [6.45, 7) is 2.15. The van der Waals surface area contributed by atoms with E-state index in [2.05, 4.69) is 13.0 Å². The van der Waals surface area contributed by atoms with Gasteiger partial charge < -0.3 is 5.11 Å². The van der Waals surface area contributed by atoms with Crippen molar-refractivity contribution in [2.45, 2.75) is 38.7 Å². The minimum atomic E-state index is -0.190. The molecule has 0 saturated heterocycles. The number of rotatable bonds is 4. The first-order valence-corrected chi connectivity index (χ1v) is 4.38. The van der Waals surface area contributed by atoms with Crippen LogP contribution in [0.3, 0.4) is 0 Å². The van der Waals surface area contributed by atoms with E-state index >= 15 is 0 Å². The number of unbranched alkanes of at least 4 members (excludes halogenated alkanes) is 1. The van der Waals surface area contributed by atoms with Gasteiger partial charge >= 0.3 is 0 Å². The van der Waals surface area contributed by atoms with Gasteiger partial charge in [-0.15, -0.1) is 0 Å². The van der Waals surface area contributed by atoms with Crippen molar-refractivity contribution < 1.29 is 5.11 Å². The van der Waals surface area contributed by atoms with Crippen molar-refractivity contribution >= 4 is 0 Å². The van der Waals surface area contributed by atoms with Gasteiger partial charge in [-0.25, -0.2) is 0 Å². The summed E-state index contributed by atoms with van der Waals surface area (Å²) in [4.78, 5) is 0. The van der Waals surface area contributed by atoms with E-state index in [0.29, 0.717) is 0 Å². The Hall–Kier alpha value is -0.560. The Morgan fingerprint density at radius 2 is 2.45 bits per heavy atom. The average molecular weight is 152 g/mol. The Morgan fingerprint density at radius 3 is 3.00 bits per heavy atom. The van der Waals surface area contributed by atoms with Crippen LogP contribution in [0.15, 0.2) is 23.8 Å². The number of hydrogen-bond donors (Lipinski definition) is 1. The van der Waals surface area contributed by atoms with E-state index in [1.165, 1.54) is 5.57 Å². The number of allylic oxidation sites excluding steroid dienone is 3. The fourth-order valence-electron chi connectivity index (χ4n) is 1.29. The maximum absolute atomic E-state index is 9.57. The van der Waals surface area contributed by atoms with Gasteiger partial charge in [0.15, 0.2) is 0 Å². The fraction of sp³-hybridized carbons (Fsp3) is 0.600. The molecule has 1 aliphatic carbocycles. The third-order valence-corrected chi connectivity index (χ3v) is 2.06. The van der Waals surface area contributed by atoms with E-state index in [1.54, 1.807) is 0 Å². The third-order valence-electron chi connectivity index (χ3n) is 2.06. The summed E-state index contributed by atoms with van der Waals surface area (Å²) in [6.07, 6.45) is 10.1. The molecule has 0 aromatic carbocycles. The lowest BCUT2D eigenvalue weighted by atomic mass is 10.0. The number of aliphatic hydroxyl groups is 1. The van der Waals surface area contributed by atoms with Crippen LogP contribution in [0, 0.1) is 0 Å². The predicted molar refractivity (Wildman–Crippen MR) is 47.4 cm³/mol. The van der Waals surface area contributed by atoms with Gasteiger partial charge in [0.05, 0.1) is 6.10 Å². The molecular formula is C10H16O. The Labute approximate surface area is 68.4 Å². The van der Waals surface area contributed by atoms with Crippen molar-refractivity contribution in [2.75, 3.05) is 0 Å². The molecule has 0 spiro atoms. The number of hydrogen-bond acceptors (Lipinski definition) is 1. The van der Waals surface area contributed by atoms with Gasteiger partial charge in [-0.3, -0.25) is 0 Å². The maximum atomic E-state index is 9.57. The zero-order valence-electron chi connectivity index (χ0n) is 7.09. The molecule has 0 aromatic rings. The molecule has 0 bridgehead atoms. The molecule has 0 aromatic heterocycles. The van der Waals surface area contributed by atoms with Crippen molar-refractivity contribution in [3.05, 3.63) is 23.8 Å². The van der Waals surface area contributed by atoms with E-state index in [4.69, 9.17) is 0 Å². The van der Waals surface area contributed by atoms with Gasteiger partial charge in [0, 0.05) is 0 Å². The van der Waals surface area contributed by atoms with Crippen LogP contribution in [0.5, 0.6) is 0 Å². The van der Waals surface area contributed by atoms with Crippen molar-refractivity contribution in [3.8, 4) is 0 Å². The first kappa shape index (κ1) is 8.54. The van der Waals surface area contributed by atoms with Crippen molar-refractivity contribution in [2.24, 2.45) is 0 Å². The first-order chi connectivity index (χ1) is 5.34. The lowest BCUT2D eigenvalue weighted by molar-refractivity contribution is 0.195. The molecule has 11 heavy (non-hydrogen) atoms. The molecule has 1 nitrogen and oxygen atoms in total. The molecule has 1 atom stereocenters. The van der Waals surface area contributed by atoms with E-state index in [-0.39, 0.29) is 6.10 Å². The second-order valence-corrected chi connectivity index (χ2v) is 3.03. The SMILES string of the molecule is CCCCC(O)C1=CC=CC1. The molecule has 0 aliphatic heterocycles. The summed E-state index contributed by atoms with van der Waals surface area (Å²) in [6, 6.07) is 0. The quantitative estimate of drug-likeness (QED) is 0.656. The Bertz CT molecular complexity index is 168. The van der Waals surface area contributed by atoms with E-state index in [1.807, 2.05) is 12.2 Å². The van der Waals surface area contributed by atoms with Gasteiger partial charge in [-0.05, 0) is 18.4 Å². The molecular weight excluding hydrogens is 136 g/mol. The molecule has 0 saturated carbocycles. The Balaban J connectivity index is 2.24. The van der Waals surface area contributed by atoms with Crippen LogP contribution in [0.1, 0.15) is 32.6 Å². The van der Waals surface area contributed by atoms with E-state index < -0.39 is 0 Å². The van der Waals surface area contributed by atoms with Crippen molar-refractivity contribution in [1.82, 2.24) is 0 Å². The van der Waals surface area contributed by atoms with Gasteiger partial charge in [-0.2, -0.15) is 0 Å².